The van der Waals surface area contributed by atoms with Gasteiger partial charge in [-0.05, 0) is 13.2 Å². The van der Waals surface area contributed by atoms with Crippen molar-refractivity contribution in [1.29, 1.82) is 0 Å². The van der Waals surface area contributed by atoms with Crippen LogP contribution in [0.3, 0.4) is 0 Å². The Balaban J connectivity index is 4.15. The smallest absolute Gasteiger partial charge is 0.307 e. The van der Waals surface area contributed by atoms with Gasteiger partial charge in [0, 0.05) is 17.7 Å². The topological polar surface area (TPSA) is 66.4 Å². The molecule has 0 aliphatic carbocycles. The maximum Gasteiger partial charge on any atom is 0.307 e. The van der Waals surface area contributed by atoms with E-state index in [2.05, 4.69) is 5.32 Å². The third-order valence-corrected chi connectivity index (χ3v) is 3.19. The number of hydrogen-bond donors (Lipinski definition) is 2. The number of carbonyl (C=O) groups excluding carboxylic acids is 1. The van der Waals surface area contributed by atoms with E-state index < -0.39 is 17.8 Å². The van der Waals surface area contributed by atoms with E-state index in [9.17, 15) is 9.59 Å². The molecular formula is C10H19NO3S. The third-order valence-electron chi connectivity index (χ3n) is 2.36. The Labute approximate surface area is 94.8 Å². The van der Waals surface area contributed by atoms with Crippen LogP contribution in [0.1, 0.15) is 20.8 Å². The minimum Gasteiger partial charge on any atom is -0.481 e. The zero-order valence-electron chi connectivity index (χ0n) is 9.61. The summed E-state index contributed by atoms with van der Waals surface area (Å²) in [6.07, 6.45) is 1.96. The maximum absolute atomic E-state index is 11.6. The van der Waals surface area contributed by atoms with Crippen molar-refractivity contribution in [2.45, 2.75) is 26.8 Å². The first kappa shape index (κ1) is 14.3. The Bertz CT molecular complexity index is 233. The fraction of sp³-hybridized carbons (Fsp3) is 0.800. The summed E-state index contributed by atoms with van der Waals surface area (Å²) in [6, 6.07) is 0.0796. The summed E-state index contributed by atoms with van der Waals surface area (Å²) < 4.78 is 0. The fourth-order valence-corrected chi connectivity index (χ4v) is 1.69. The van der Waals surface area contributed by atoms with Gasteiger partial charge in [0.25, 0.3) is 0 Å². The van der Waals surface area contributed by atoms with E-state index in [0.717, 1.165) is 5.75 Å². The van der Waals surface area contributed by atoms with Crippen molar-refractivity contribution in [3.63, 3.8) is 0 Å². The standard InChI is InChI=1S/C10H19NO3S/c1-6(5-15-4)11-9(12)7(2)8(3)10(13)14/h6-8H,5H2,1-4H3,(H,11,12)(H,13,14). The molecule has 0 spiro atoms. The Kier molecular flexibility index (Phi) is 6.40. The average Bonchev–Trinajstić information content (AvgIpc) is 2.15. The summed E-state index contributed by atoms with van der Waals surface area (Å²) in [5, 5.41) is 11.5. The van der Waals surface area contributed by atoms with E-state index >= 15 is 0 Å². The highest BCUT2D eigenvalue weighted by Crippen LogP contribution is 2.11. The van der Waals surface area contributed by atoms with Crippen LogP contribution in [-0.4, -0.2) is 35.0 Å². The van der Waals surface area contributed by atoms with Gasteiger partial charge in [-0.2, -0.15) is 11.8 Å². The molecule has 4 nitrogen and oxygen atoms in total. The number of amides is 1. The van der Waals surface area contributed by atoms with Crippen LogP contribution in [0.25, 0.3) is 0 Å². The van der Waals surface area contributed by atoms with E-state index in [1.165, 1.54) is 0 Å². The Morgan fingerprint density at radius 2 is 1.80 bits per heavy atom. The van der Waals surface area contributed by atoms with Crippen LogP contribution in [0.15, 0.2) is 0 Å². The van der Waals surface area contributed by atoms with Crippen LogP contribution in [0.5, 0.6) is 0 Å². The first-order chi connectivity index (χ1) is 6.90. The quantitative estimate of drug-likeness (QED) is 0.723. The molecule has 0 rings (SSSR count). The van der Waals surface area contributed by atoms with Crippen molar-refractivity contribution in [1.82, 2.24) is 5.32 Å². The molecule has 0 heterocycles. The van der Waals surface area contributed by atoms with Crippen LogP contribution in [0, 0.1) is 11.8 Å². The number of rotatable bonds is 6. The molecule has 5 heteroatoms. The summed E-state index contributed by atoms with van der Waals surface area (Å²) in [5.41, 5.74) is 0. The molecule has 0 aromatic rings. The van der Waals surface area contributed by atoms with E-state index in [-0.39, 0.29) is 11.9 Å². The Morgan fingerprint density at radius 1 is 1.27 bits per heavy atom. The van der Waals surface area contributed by atoms with E-state index in [1.807, 2.05) is 13.2 Å². The molecule has 0 fully saturated rings. The molecular weight excluding hydrogens is 214 g/mol. The zero-order valence-corrected chi connectivity index (χ0v) is 10.4. The van der Waals surface area contributed by atoms with Crippen LogP contribution < -0.4 is 5.32 Å². The highest BCUT2D eigenvalue weighted by Gasteiger charge is 2.26. The third kappa shape index (κ3) is 5.06. The van der Waals surface area contributed by atoms with Gasteiger partial charge in [-0.3, -0.25) is 9.59 Å². The maximum atomic E-state index is 11.6. The Morgan fingerprint density at radius 3 is 2.20 bits per heavy atom. The second-order valence-electron chi connectivity index (χ2n) is 3.78. The van der Waals surface area contributed by atoms with Crippen molar-refractivity contribution >= 4 is 23.6 Å². The van der Waals surface area contributed by atoms with E-state index in [4.69, 9.17) is 5.11 Å². The lowest BCUT2D eigenvalue weighted by molar-refractivity contribution is -0.146. The van der Waals surface area contributed by atoms with Gasteiger partial charge < -0.3 is 10.4 Å². The number of carbonyl (C=O) groups is 2. The molecule has 0 bridgehead atoms. The summed E-state index contributed by atoms with van der Waals surface area (Å²) in [6.45, 7) is 5.10. The molecule has 0 aromatic heterocycles. The number of aliphatic carboxylic acids is 1. The van der Waals surface area contributed by atoms with Gasteiger partial charge in [-0.15, -0.1) is 0 Å². The molecule has 2 N–H and O–H groups in total. The number of carboxylic acids is 1. The van der Waals surface area contributed by atoms with Gasteiger partial charge in [0.15, 0.2) is 0 Å². The number of hydrogen-bond acceptors (Lipinski definition) is 3. The van der Waals surface area contributed by atoms with Gasteiger partial charge in [-0.1, -0.05) is 13.8 Å². The van der Waals surface area contributed by atoms with Gasteiger partial charge >= 0.3 is 5.97 Å². The molecule has 3 atom stereocenters. The monoisotopic (exact) mass is 233 g/mol. The summed E-state index contributed by atoms with van der Waals surface area (Å²) in [4.78, 5) is 22.3. The van der Waals surface area contributed by atoms with Crippen LogP contribution in [-0.2, 0) is 9.59 Å². The van der Waals surface area contributed by atoms with Crippen molar-refractivity contribution in [3.05, 3.63) is 0 Å². The molecule has 88 valence electrons. The fourth-order valence-electron chi connectivity index (χ4n) is 1.11. The molecule has 0 radical (unpaired) electrons. The molecule has 0 aliphatic rings. The predicted molar refractivity (Wildman–Crippen MR) is 62.0 cm³/mol. The SMILES string of the molecule is CSCC(C)NC(=O)C(C)C(C)C(=O)O. The minimum atomic E-state index is -0.935. The normalized spacial score (nSPS) is 16.5. The van der Waals surface area contributed by atoms with Gasteiger partial charge in [0.2, 0.25) is 5.91 Å². The summed E-state index contributed by atoms with van der Waals surface area (Å²) in [5.74, 6) is -1.43. The lowest BCUT2D eigenvalue weighted by atomic mass is 9.95. The highest BCUT2D eigenvalue weighted by molar-refractivity contribution is 7.98. The second-order valence-corrected chi connectivity index (χ2v) is 4.69. The van der Waals surface area contributed by atoms with Gasteiger partial charge in [0.05, 0.1) is 5.92 Å². The molecule has 0 aromatic carbocycles. The number of nitrogens with one attached hydrogen (secondary N) is 1. The van der Waals surface area contributed by atoms with Crippen molar-refractivity contribution < 1.29 is 14.7 Å². The van der Waals surface area contributed by atoms with Crippen molar-refractivity contribution in [2.75, 3.05) is 12.0 Å². The van der Waals surface area contributed by atoms with Crippen LogP contribution in [0.2, 0.25) is 0 Å². The highest BCUT2D eigenvalue weighted by atomic mass is 32.2. The molecule has 3 unspecified atom stereocenters. The Hall–Kier alpha value is -0.710. The molecule has 0 saturated carbocycles. The minimum absolute atomic E-state index is 0.0796. The van der Waals surface area contributed by atoms with Crippen molar-refractivity contribution in [2.24, 2.45) is 11.8 Å². The number of carboxylic acid groups (broad SMARTS) is 1. The lowest BCUT2D eigenvalue weighted by Gasteiger charge is -2.19. The zero-order chi connectivity index (χ0) is 12.0. The molecule has 15 heavy (non-hydrogen) atoms. The van der Waals surface area contributed by atoms with Crippen molar-refractivity contribution in [3.8, 4) is 0 Å². The molecule has 1 amide bonds. The largest absolute Gasteiger partial charge is 0.481 e. The average molecular weight is 233 g/mol. The predicted octanol–water partition coefficient (Wildman–Crippen LogP) is 1.21. The molecule has 0 aliphatic heterocycles. The molecule has 0 saturated heterocycles. The second kappa shape index (κ2) is 6.71. The van der Waals surface area contributed by atoms with E-state index in [0.29, 0.717) is 0 Å². The number of thioether (sulfide) groups is 1. The van der Waals surface area contributed by atoms with Crippen LogP contribution >= 0.6 is 11.8 Å². The van der Waals surface area contributed by atoms with Gasteiger partial charge in [-0.25, -0.2) is 0 Å². The lowest BCUT2D eigenvalue weighted by Crippen LogP contribution is -2.40. The van der Waals surface area contributed by atoms with Gasteiger partial charge in [0.1, 0.15) is 0 Å². The van der Waals surface area contributed by atoms with E-state index in [1.54, 1.807) is 25.6 Å². The summed E-state index contributed by atoms with van der Waals surface area (Å²) >= 11 is 1.65. The first-order valence-corrected chi connectivity index (χ1v) is 6.31. The van der Waals surface area contributed by atoms with Crippen LogP contribution in [0.4, 0.5) is 0 Å². The first-order valence-electron chi connectivity index (χ1n) is 4.92. The summed E-state index contributed by atoms with van der Waals surface area (Å²) in [7, 11) is 0.